The number of fused-ring (bicyclic) bond motifs is 1. The van der Waals surface area contributed by atoms with E-state index in [2.05, 4.69) is 10.3 Å². The molecule has 1 aromatic carbocycles. The third-order valence-electron chi connectivity index (χ3n) is 3.28. The zero-order chi connectivity index (χ0) is 13.2. The fraction of sp³-hybridized carbons (Fsp3) is 0.286. The summed E-state index contributed by atoms with van der Waals surface area (Å²) in [6, 6.07) is 9.80. The van der Waals surface area contributed by atoms with E-state index in [1.165, 1.54) is 0 Å². The molecule has 1 heterocycles. The van der Waals surface area contributed by atoms with E-state index in [9.17, 15) is 9.90 Å². The summed E-state index contributed by atoms with van der Waals surface area (Å²) < 4.78 is 0. The molecule has 4 nitrogen and oxygen atoms in total. The van der Waals surface area contributed by atoms with E-state index in [4.69, 9.17) is 0 Å². The molecule has 3 rings (SSSR count). The van der Waals surface area contributed by atoms with Crippen molar-refractivity contribution < 1.29 is 9.90 Å². The molecule has 1 aliphatic carbocycles. The minimum Gasteiger partial charge on any atom is -0.481 e. The van der Waals surface area contributed by atoms with Gasteiger partial charge in [-0.2, -0.15) is 0 Å². The van der Waals surface area contributed by atoms with Gasteiger partial charge in [-0.05, 0) is 31.4 Å². The first kappa shape index (κ1) is 12.2. The Balaban J connectivity index is 1.87. The largest absolute Gasteiger partial charge is 0.481 e. The summed E-state index contributed by atoms with van der Waals surface area (Å²) in [6.07, 6.45) is 2.56. The lowest BCUT2D eigenvalue weighted by atomic mass is 9.91. The number of aliphatic carboxylic acids is 1. The van der Waals surface area contributed by atoms with Crippen molar-refractivity contribution in [3.8, 4) is 0 Å². The van der Waals surface area contributed by atoms with Crippen LogP contribution in [0.25, 0.3) is 0 Å². The van der Waals surface area contributed by atoms with Gasteiger partial charge in [0.25, 0.3) is 0 Å². The molecule has 98 valence electrons. The number of carboxylic acids is 1. The molecule has 2 aromatic rings. The molecule has 0 saturated heterocycles. The Kier molecular flexibility index (Phi) is 3.21. The summed E-state index contributed by atoms with van der Waals surface area (Å²) in [6.45, 7) is 0. The fourth-order valence-electron chi connectivity index (χ4n) is 2.36. The number of aromatic nitrogens is 1. The van der Waals surface area contributed by atoms with Gasteiger partial charge >= 0.3 is 5.97 Å². The van der Waals surface area contributed by atoms with E-state index < -0.39 is 11.9 Å². The number of carbonyl (C=O) groups is 1. The number of rotatable bonds is 3. The first-order valence-corrected chi connectivity index (χ1v) is 7.10. The Labute approximate surface area is 115 Å². The zero-order valence-corrected chi connectivity index (χ0v) is 11.1. The maximum atomic E-state index is 11.2. The van der Waals surface area contributed by atoms with Crippen molar-refractivity contribution in [1.29, 1.82) is 0 Å². The number of anilines is 2. The lowest BCUT2D eigenvalue weighted by Crippen LogP contribution is -2.17. The number of hydrogen-bond donors (Lipinski definition) is 2. The number of thiazole rings is 1. The van der Waals surface area contributed by atoms with Gasteiger partial charge < -0.3 is 10.4 Å². The lowest BCUT2D eigenvalue weighted by molar-refractivity contribution is -0.139. The number of hydrogen-bond acceptors (Lipinski definition) is 4. The molecule has 1 atom stereocenters. The Bertz CT molecular complexity index is 595. The number of nitrogens with zero attached hydrogens (tertiary/aromatic N) is 1. The van der Waals surface area contributed by atoms with Gasteiger partial charge in [0, 0.05) is 10.6 Å². The van der Waals surface area contributed by atoms with Crippen molar-refractivity contribution in [2.75, 3.05) is 5.32 Å². The van der Waals surface area contributed by atoms with Gasteiger partial charge in [0.2, 0.25) is 0 Å². The van der Waals surface area contributed by atoms with Crippen LogP contribution in [0.1, 0.15) is 29.3 Å². The van der Waals surface area contributed by atoms with Crippen molar-refractivity contribution in [2.45, 2.75) is 25.2 Å². The van der Waals surface area contributed by atoms with Crippen LogP contribution in [0.4, 0.5) is 10.8 Å². The molecule has 0 radical (unpaired) electrons. The molecule has 2 N–H and O–H groups in total. The number of benzene rings is 1. The molecule has 0 bridgehead atoms. The molecule has 0 aliphatic heterocycles. The average Bonchev–Trinajstić information content (AvgIpc) is 2.81. The monoisotopic (exact) mass is 274 g/mol. The molecule has 1 aliphatic rings. The fourth-order valence-corrected chi connectivity index (χ4v) is 3.44. The highest BCUT2D eigenvalue weighted by molar-refractivity contribution is 7.15. The van der Waals surface area contributed by atoms with Gasteiger partial charge in [-0.1, -0.05) is 18.2 Å². The van der Waals surface area contributed by atoms with E-state index in [0.717, 1.165) is 34.2 Å². The summed E-state index contributed by atoms with van der Waals surface area (Å²) >= 11 is 1.57. The molecular weight excluding hydrogens is 260 g/mol. The van der Waals surface area contributed by atoms with Gasteiger partial charge in [-0.25, -0.2) is 4.98 Å². The number of nitrogens with one attached hydrogen (secondary N) is 1. The summed E-state index contributed by atoms with van der Waals surface area (Å²) in [5.74, 6) is -1.20. The van der Waals surface area contributed by atoms with E-state index in [-0.39, 0.29) is 0 Å². The first-order chi connectivity index (χ1) is 9.24. The number of carboxylic acid groups (broad SMARTS) is 1. The summed E-state index contributed by atoms with van der Waals surface area (Å²) in [4.78, 5) is 16.8. The standard InChI is InChI=1S/C14H14N2O2S/c17-13(18)10-7-4-8-11-12(10)16-14(19-11)15-9-5-2-1-3-6-9/h1-3,5-6,10H,4,7-8H2,(H,15,16)(H,17,18)/t10-/m0/s1. The maximum Gasteiger partial charge on any atom is 0.312 e. The third-order valence-corrected chi connectivity index (χ3v) is 4.32. The normalized spacial score (nSPS) is 17.8. The lowest BCUT2D eigenvalue weighted by Gasteiger charge is -2.16. The highest BCUT2D eigenvalue weighted by atomic mass is 32.1. The number of para-hydroxylation sites is 1. The molecule has 0 fully saturated rings. The minimum absolute atomic E-state index is 0.439. The van der Waals surface area contributed by atoms with Crippen LogP contribution in [-0.4, -0.2) is 16.1 Å². The van der Waals surface area contributed by atoms with Crippen molar-refractivity contribution in [1.82, 2.24) is 4.98 Å². The second-order valence-electron chi connectivity index (χ2n) is 4.60. The highest BCUT2D eigenvalue weighted by Gasteiger charge is 2.29. The second-order valence-corrected chi connectivity index (χ2v) is 5.69. The quantitative estimate of drug-likeness (QED) is 0.900. The summed E-state index contributed by atoms with van der Waals surface area (Å²) in [5, 5.41) is 13.2. The second kappa shape index (κ2) is 5.01. The molecule has 0 unspecified atom stereocenters. The van der Waals surface area contributed by atoms with Gasteiger partial charge in [0.1, 0.15) is 5.92 Å². The Morgan fingerprint density at radius 1 is 1.37 bits per heavy atom. The highest BCUT2D eigenvalue weighted by Crippen LogP contribution is 2.37. The van der Waals surface area contributed by atoms with Gasteiger partial charge in [-0.15, -0.1) is 11.3 Å². The topological polar surface area (TPSA) is 62.2 Å². The van der Waals surface area contributed by atoms with Crippen LogP contribution in [0.5, 0.6) is 0 Å². The van der Waals surface area contributed by atoms with Crippen molar-refractivity contribution in [3.63, 3.8) is 0 Å². The number of aryl methyl sites for hydroxylation is 1. The van der Waals surface area contributed by atoms with Gasteiger partial charge in [-0.3, -0.25) is 4.79 Å². The smallest absolute Gasteiger partial charge is 0.312 e. The summed E-state index contributed by atoms with van der Waals surface area (Å²) in [5.41, 5.74) is 1.72. The van der Waals surface area contributed by atoms with Crippen LogP contribution >= 0.6 is 11.3 Å². The molecule has 0 saturated carbocycles. The van der Waals surface area contributed by atoms with Crippen LogP contribution in [0.3, 0.4) is 0 Å². The predicted octanol–water partition coefficient (Wildman–Crippen LogP) is 3.39. The molecule has 19 heavy (non-hydrogen) atoms. The van der Waals surface area contributed by atoms with Gasteiger partial charge in [0.15, 0.2) is 5.13 Å². The van der Waals surface area contributed by atoms with Crippen LogP contribution in [0.2, 0.25) is 0 Å². The Morgan fingerprint density at radius 3 is 2.89 bits per heavy atom. The van der Waals surface area contributed by atoms with Crippen molar-refractivity contribution >= 4 is 28.1 Å². The van der Waals surface area contributed by atoms with Crippen molar-refractivity contribution in [2.24, 2.45) is 0 Å². The van der Waals surface area contributed by atoms with E-state index in [0.29, 0.717) is 6.42 Å². The molecule has 0 spiro atoms. The molecule has 5 heteroatoms. The third kappa shape index (κ3) is 2.46. The SMILES string of the molecule is O=C(O)[C@H]1CCCc2sc(Nc3ccccc3)nc21. The maximum absolute atomic E-state index is 11.2. The van der Waals surface area contributed by atoms with Crippen molar-refractivity contribution in [3.05, 3.63) is 40.9 Å². The van der Waals surface area contributed by atoms with E-state index in [1.54, 1.807) is 11.3 Å². The van der Waals surface area contributed by atoms with Crippen LogP contribution in [0.15, 0.2) is 30.3 Å². The zero-order valence-electron chi connectivity index (χ0n) is 10.3. The van der Waals surface area contributed by atoms with Crippen LogP contribution in [-0.2, 0) is 11.2 Å². The van der Waals surface area contributed by atoms with E-state index >= 15 is 0 Å². The minimum atomic E-state index is -0.766. The Hall–Kier alpha value is -1.88. The molecule has 1 aromatic heterocycles. The average molecular weight is 274 g/mol. The Morgan fingerprint density at radius 2 is 2.16 bits per heavy atom. The van der Waals surface area contributed by atoms with Crippen LogP contribution in [0, 0.1) is 0 Å². The summed E-state index contributed by atoms with van der Waals surface area (Å²) in [7, 11) is 0. The molecular formula is C14H14N2O2S. The first-order valence-electron chi connectivity index (χ1n) is 6.28. The van der Waals surface area contributed by atoms with E-state index in [1.807, 2.05) is 30.3 Å². The van der Waals surface area contributed by atoms with Crippen LogP contribution < -0.4 is 5.32 Å². The molecule has 0 amide bonds. The predicted molar refractivity (Wildman–Crippen MR) is 75.2 cm³/mol. The van der Waals surface area contributed by atoms with Gasteiger partial charge in [0.05, 0.1) is 5.69 Å².